The number of aromatic nitrogens is 2. The number of benzene rings is 1. The molecule has 0 unspecified atom stereocenters. The second-order valence-electron chi connectivity index (χ2n) is 8.57. The van der Waals surface area contributed by atoms with Crippen molar-refractivity contribution in [1.29, 1.82) is 0 Å². The maximum Gasteiger partial charge on any atom is 0.414 e. The molecule has 1 N–H and O–H groups in total. The number of carbonyl (C=O) groups excluding carboxylic acids is 2. The molecule has 1 aliphatic carbocycles. The van der Waals surface area contributed by atoms with Crippen LogP contribution in [0.5, 0.6) is 0 Å². The largest absolute Gasteiger partial charge is 0.458 e. The van der Waals surface area contributed by atoms with E-state index in [2.05, 4.69) is 9.97 Å². The highest BCUT2D eigenvalue weighted by molar-refractivity contribution is 5.95. The van der Waals surface area contributed by atoms with Gasteiger partial charge in [-0.25, -0.2) is 9.59 Å². The Morgan fingerprint density at radius 3 is 2.81 bits per heavy atom. The van der Waals surface area contributed by atoms with Gasteiger partial charge in [-0.1, -0.05) is 18.2 Å². The van der Waals surface area contributed by atoms with Crippen LogP contribution >= 0.6 is 0 Å². The summed E-state index contributed by atoms with van der Waals surface area (Å²) in [4.78, 5) is 45.1. The van der Waals surface area contributed by atoms with Crippen LogP contribution in [0.3, 0.4) is 0 Å². The molecule has 1 saturated heterocycles. The zero-order valence-corrected chi connectivity index (χ0v) is 19.2. The molecule has 0 spiro atoms. The predicted molar refractivity (Wildman–Crippen MR) is 128 cm³/mol. The number of halogens is 3. The first-order valence-corrected chi connectivity index (χ1v) is 11.4. The van der Waals surface area contributed by atoms with E-state index in [1.54, 1.807) is 30.3 Å². The van der Waals surface area contributed by atoms with Gasteiger partial charge in [0.25, 0.3) is 5.56 Å². The standard InChI is InChI=1S/C26H20F3N3O5/c27-26(28,29)21-6-2-1-5-19(21)22-10-15-7-8-17(11-20(15)23(33)31-22)32-13-18(37-25(32)35)14-36-24(34)16-4-3-9-30-12-16/h1,3-5,7-12,18H,2,6,13-14H2,(H,31,33)/t18-/m0/s1. The van der Waals surface area contributed by atoms with Crippen LogP contribution in [0.4, 0.5) is 23.7 Å². The number of ether oxygens (including phenoxy) is 2. The van der Waals surface area contributed by atoms with Crippen molar-refractivity contribution in [3.05, 3.63) is 88.1 Å². The maximum absolute atomic E-state index is 13.5. The molecule has 1 fully saturated rings. The smallest absolute Gasteiger partial charge is 0.414 e. The van der Waals surface area contributed by atoms with Crippen LogP contribution in [0.1, 0.15) is 28.9 Å². The second-order valence-corrected chi connectivity index (χ2v) is 8.57. The lowest BCUT2D eigenvalue weighted by Crippen LogP contribution is -2.26. The van der Waals surface area contributed by atoms with E-state index in [-0.39, 0.29) is 48.2 Å². The lowest BCUT2D eigenvalue weighted by Gasteiger charge is -2.19. The van der Waals surface area contributed by atoms with Gasteiger partial charge in [0.05, 0.1) is 12.1 Å². The molecule has 0 radical (unpaired) electrons. The number of cyclic esters (lactones) is 1. The van der Waals surface area contributed by atoms with Gasteiger partial charge in [-0.2, -0.15) is 13.2 Å². The molecule has 37 heavy (non-hydrogen) atoms. The number of anilines is 1. The number of nitrogens with zero attached hydrogens (tertiary/aromatic N) is 2. The molecule has 3 heterocycles. The first-order chi connectivity index (χ1) is 17.7. The predicted octanol–water partition coefficient (Wildman–Crippen LogP) is 4.77. The third kappa shape index (κ3) is 4.97. The summed E-state index contributed by atoms with van der Waals surface area (Å²) in [7, 11) is 0. The van der Waals surface area contributed by atoms with Gasteiger partial charge in [0.1, 0.15) is 6.61 Å². The van der Waals surface area contributed by atoms with E-state index in [4.69, 9.17) is 9.47 Å². The highest BCUT2D eigenvalue weighted by Crippen LogP contribution is 2.38. The number of rotatable bonds is 5. The topological polar surface area (TPSA) is 102 Å². The van der Waals surface area contributed by atoms with Crippen LogP contribution in [-0.4, -0.2) is 47.5 Å². The van der Waals surface area contributed by atoms with Gasteiger partial charge in [-0.3, -0.25) is 14.7 Å². The molecule has 8 nitrogen and oxygen atoms in total. The average molecular weight is 511 g/mol. The summed E-state index contributed by atoms with van der Waals surface area (Å²) < 4.78 is 51.0. The van der Waals surface area contributed by atoms with Crippen molar-refractivity contribution in [1.82, 2.24) is 9.97 Å². The molecule has 11 heteroatoms. The number of fused-ring (bicyclic) bond motifs is 1. The fourth-order valence-corrected chi connectivity index (χ4v) is 4.33. The third-order valence-corrected chi connectivity index (χ3v) is 6.12. The summed E-state index contributed by atoms with van der Waals surface area (Å²) in [6.07, 6.45) is 0.0931. The van der Waals surface area contributed by atoms with E-state index in [1.165, 1.54) is 35.5 Å². The quantitative estimate of drug-likeness (QED) is 0.495. The van der Waals surface area contributed by atoms with Crippen molar-refractivity contribution in [2.75, 3.05) is 18.1 Å². The first-order valence-electron chi connectivity index (χ1n) is 11.4. The Balaban J connectivity index is 1.36. The number of hydrogen-bond acceptors (Lipinski definition) is 6. The minimum atomic E-state index is -4.51. The molecule has 1 aliphatic heterocycles. The molecule has 1 atom stereocenters. The minimum absolute atomic E-state index is 0.0615. The highest BCUT2D eigenvalue weighted by atomic mass is 19.4. The Bertz CT molecular complexity index is 1490. The lowest BCUT2D eigenvalue weighted by molar-refractivity contribution is -0.0933. The number of esters is 1. The molecular weight excluding hydrogens is 491 g/mol. The van der Waals surface area contributed by atoms with Crippen LogP contribution in [0.15, 0.2) is 71.3 Å². The van der Waals surface area contributed by atoms with Crippen molar-refractivity contribution < 1.29 is 32.2 Å². The normalized spacial score (nSPS) is 17.9. The SMILES string of the molecule is O=C(OC[C@@H]1CN(c2ccc3cc(C4=C(C(F)(F)F)CCC=C4)[nH]c(=O)c3c2)C(=O)O1)c1cccnc1. The molecule has 5 rings (SSSR count). The van der Waals surface area contributed by atoms with Crippen molar-refractivity contribution in [3.8, 4) is 0 Å². The summed E-state index contributed by atoms with van der Waals surface area (Å²) >= 11 is 0. The van der Waals surface area contributed by atoms with Gasteiger partial charge in [0.2, 0.25) is 0 Å². The van der Waals surface area contributed by atoms with E-state index in [0.717, 1.165) is 0 Å². The molecule has 1 amide bonds. The number of nitrogens with one attached hydrogen (secondary N) is 1. The zero-order chi connectivity index (χ0) is 26.2. The number of aromatic amines is 1. The lowest BCUT2D eigenvalue weighted by atomic mass is 9.94. The molecule has 2 aliphatic rings. The van der Waals surface area contributed by atoms with E-state index in [0.29, 0.717) is 11.1 Å². The Morgan fingerprint density at radius 2 is 2.05 bits per heavy atom. The van der Waals surface area contributed by atoms with Crippen LogP contribution in [-0.2, 0) is 9.47 Å². The van der Waals surface area contributed by atoms with Gasteiger partial charge in [0, 0.05) is 40.3 Å². The van der Waals surface area contributed by atoms with Gasteiger partial charge in [-0.05, 0) is 48.6 Å². The zero-order valence-electron chi connectivity index (χ0n) is 19.2. The molecule has 3 aromatic rings. The minimum Gasteiger partial charge on any atom is -0.458 e. The number of allylic oxidation sites excluding steroid dienone is 4. The number of amides is 1. The van der Waals surface area contributed by atoms with Crippen molar-refractivity contribution in [2.45, 2.75) is 25.1 Å². The summed E-state index contributed by atoms with van der Waals surface area (Å²) in [5.41, 5.74) is -0.630. The Morgan fingerprint density at radius 1 is 1.22 bits per heavy atom. The van der Waals surface area contributed by atoms with E-state index in [9.17, 15) is 27.6 Å². The fourth-order valence-electron chi connectivity index (χ4n) is 4.33. The van der Waals surface area contributed by atoms with Crippen molar-refractivity contribution in [2.24, 2.45) is 0 Å². The molecule has 0 saturated carbocycles. The molecule has 1 aromatic carbocycles. The third-order valence-electron chi connectivity index (χ3n) is 6.12. The Labute approximate surface area is 208 Å². The Hall–Kier alpha value is -4.41. The summed E-state index contributed by atoms with van der Waals surface area (Å²) in [6, 6.07) is 9.24. The summed E-state index contributed by atoms with van der Waals surface area (Å²) in [5.74, 6) is -0.604. The average Bonchev–Trinajstić information content (AvgIpc) is 3.27. The van der Waals surface area contributed by atoms with E-state index in [1.807, 2.05) is 0 Å². The number of alkyl halides is 3. The highest BCUT2D eigenvalue weighted by Gasteiger charge is 2.37. The number of pyridine rings is 2. The maximum atomic E-state index is 13.5. The van der Waals surface area contributed by atoms with Crippen LogP contribution < -0.4 is 10.5 Å². The van der Waals surface area contributed by atoms with Gasteiger partial charge >= 0.3 is 18.2 Å². The Kier molecular flexibility index (Phi) is 6.28. The molecule has 0 bridgehead atoms. The molecule has 2 aromatic heterocycles. The van der Waals surface area contributed by atoms with E-state index >= 15 is 0 Å². The fraction of sp³-hybridized carbons (Fsp3) is 0.231. The van der Waals surface area contributed by atoms with Crippen LogP contribution in [0.25, 0.3) is 16.3 Å². The summed E-state index contributed by atoms with van der Waals surface area (Å²) in [5, 5.41) is 0.625. The number of hydrogen-bond donors (Lipinski definition) is 1. The van der Waals surface area contributed by atoms with Gasteiger partial charge < -0.3 is 14.5 Å². The van der Waals surface area contributed by atoms with Gasteiger partial charge in [0.15, 0.2) is 6.10 Å². The molecule has 190 valence electrons. The molecular formula is C26H20F3N3O5. The monoisotopic (exact) mass is 511 g/mol. The van der Waals surface area contributed by atoms with Crippen LogP contribution in [0.2, 0.25) is 0 Å². The van der Waals surface area contributed by atoms with Crippen molar-refractivity contribution in [3.63, 3.8) is 0 Å². The summed E-state index contributed by atoms with van der Waals surface area (Å²) in [6.45, 7) is -0.0923. The number of H-pyrrole nitrogens is 1. The second kappa shape index (κ2) is 9.57. The first kappa shape index (κ1) is 24.3. The van der Waals surface area contributed by atoms with Crippen LogP contribution in [0, 0.1) is 0 Å². The van der Waals surface area contributed by atoms with E-state index < -0.39 is 35.5 Å². The van der Waals surface area contributed by atoms with Gasteiger partial charge in [-0.15, -0.1) is 0 Å². The number of carbonyl (C=O) groups is 2. The van der Waals surface area contributed by atoms with Crippen molar-refractivity contribution >= 4 is 34.1 Å².